The third kappa shape index (κ3) is 12.8. The van der Waals surface area contributed by atoms with Crippen LogP contribution in [0, 0.1) is 5.41 Å². The lowest BCUT2D eigenvalue weighted by atomic mass is 9.86. The molecule has 0 saturated carbocycles. The molecular weight excluding hydrogens is 704 g/mol. The summed E-state index contributed by atoms with van der Waals surface area (Å²) in [5, 5.41) is 11.2. The number of benzene rings is 3. The summed E-state index contributed by atoms with van der Waals surface area (Å²) in [6.45, 7) is 7.66. The Kier molecular flexibility index (Phi) is 16.7. The van der Waals surface area contributed by atoms with Crippen LogP contribution in [0.3, 0.4) is 0 Å². The average molecular weight is 759 g/mol. The van der Waals surface area contributed by atoms with Crippen molar-refractivity contribution in [1.82, 2.24) is 15.0 Å². The van der Waals surface area contributed by atoms with Gasteiger partial charge in [0.2, 0.25) is 0 Å². The fourth-order valence-corrected chi connectivity index (χ4v) is 6.32. The highest BCUT2D eigenvalue weighted by molar-refractivity contribution is 6.34. The van der Waals surface area contributed by atoms with Crippen molar-refractivity contribution in [2.24, 2.45) is 5.41 Å². The Morgan fingerprint density at radius 2 is 1.31 bits per heavy atom. The minimum atomic E-state index is -1.44. The number of aromatic nitrogens is 3. The highest BCUT2D eigenvalue weighted by atomic mass is 35.5. The number of fused-ring (bicyclic) bond motifs is 1. The van der Waals surface area contributed by atoms with E-state index in [4.69, 9.17) is 21.1 Å². The lowest BCUT2D eigenvalue weighted by Crippen LogP contribution is -2.39. The van der Waals surface area contributed by atoms with Crippen molar-refractivity contribution in [3.8, 4) is 5.75 Å². The molecule has 1 amide bonds. The van der Waals surface area contributed by atoms with Crippen LogP contribution in [0.1, 0.15) is 144 Å². The molecular formula is C43H55ClN4O6. The number of amides is 1. The summed E-state index contributed by atoms with van der Waals surface area (Å²) in [6.07, 6.45) is 17.4. The fourth-order valence-electron chi connectivity index (χ4n) is 6.16. The van der Waals surface area contributed by atoms with Gasteiger partial charge in [-0.15, -0.1) is 5.10 Å². The first-order chi connectivity index (χ1) is 26.0. The maximum absolute atomic E-state index is 13.9. The van der Waals surface area contributed by atoms with Gasteiger partial charge >= 0.3 is 11.9 Å². The number of rotatable bonds is 22. The summed E-state index contributed by atoms with van der Waals surface area (Å²) >= 11 is 6.46. The van der Waals surface area contributed by atoms with E-state index in [-0.39, 0.29) is 21.8 Å². The number of ether oxygens (including phenoxy) is 2. The molecule has 11 heteroatoms. The van der Waals surface area contributed by atoms with E-state index >= 15 is 0 Å². The molecule has 1 N–H and O–H groups in total. The second-order valence-corrected chi connectivity index (χ2v) is 15.3. The summed E-state index contributed by atoms with van der Waals surface area (Å²) in [4.78, 5) is 53.4. The van der Waals surface area contributed by atoms with Gasteiger partial charge < -0.3 is 14.8 Å². The van der Waals surface area contributed by atoms with Crippen molar-refractivity contribution in [1.29, 1.82) is 0 Å². The lowest BCUT2D eigenvalue weighted by molar-refractivity contribution is -0.135. The van der Waals surface area contributed by atoms with Crippen molar-refractivity contribution >= 4 is 52.0 Å². The molecule has 0 bridgehead atoms. The SMILES string of the molecule is CCCCCCCCCCCCCCCCOC(=O)c1ccc(Cl)c(NC(=O)C(C(=O)C(C)(C)C)n2nnc3cc(C(=O)Oc4ccccc4)ccc32)c1. The molecule has 1 unspecified atom stereocenters. The van der Waals surface area contributed by atoms with E-state index in [1.165, 1.54) is 106 Å². The minimum absolute atomic E-state index is 0.148. The second kappa shape index (κ2) is 21.4. The fraction of sp³-hybridized carbons (Fsp3) is 0.488. The number of hydrogen-bond acceptors (Lipinski definition) is 8. The summed E-state index contributed by atoms with van der Waals surface area (Å²) in [5.74, 6) is -1.88. The van der Waals surface area contributed by atoms with Crippen LogP contribution in [0.25, 0.3) is 11.0 Å². The molecule has 1 aromatic heterocycles. The van der Waals surface area contributed by atoms with Crippen molar-refractivity contribution in [3.05, 3.63) is 82.9 Å². The third-order valence-electron chi connectivity index (χ3n) is 9.33. The van der Waals surface area contributed by atoms with Crippen molar-refractivity contribution < 1.29 is 28.7 Å². The molecule has 0 radical (unpaired) electrons. The van der Waals surface area contributed by atoms with E-state index in [0.717, 1.165) is 19.3 Å². The van der Waals surface area contributed by atoms with Gasteiger partial charge in [-0.25, -0.2) is 14.3 Å². The van der Waals surface area contributed by atoms with Crippen molar-refractivity contribution in [2.45, 2.75) is 124 Å². The first kappa shape index (κ1) is 42.2. The van der Waals surface area contributed by atoms with Crippen molar-refractivity contribution in [3.63, 3.8) is 0 Å². The number of esters is 2. The number of Topliss-reactive ketones (excluding diaryl/α,β-unsaturated/α-hetero) is 1. The number of para-hydroxylation sites is 1. The number of halogens is 1. The first-order valence-corrected chi connectivity index (χ1v) is 19.8. The predicted molar refractivity (Wildman–Crippen MR) is 213 cm³/mol. The van der Waals surface area contributed by atoms with E-state index in [2.05, 4.69) is 22.6 Å². The van der Waals surface area contributed by atoms with E-state index < -0.39 is 35.1 Å². The number of carbonyl (C=O) groups excluding carboxylic acids is 4. The van der Waals surface area contributed by atoms with Crippen LogP contribution >= 0.6 is 11.6 Å². The van der Waals surface area contributed by atoms with Gasteiger partial charge in [-0.1, -0.05) is 146 Å². The zero-order valence-electron chi connectivity index (χ0n) is 32.2. The van der Waals surface area contributed by atoms with E-state index in [1.807, 2.05) is 6.07 Å². The zero-order valence-corrected chi connectivity index (χ0v) is 33.0. The average Bonchev–Trinajstić information content (AvgIpc) is 3.57. The van der Waals surface area contributed by atoms with Crippen LogP contribution in [-0.4, -0.2) is 45.2 Å². The summed E-state index contributed by atoms with van der Waals surface area (Å²) < 4.78 is 12.2. The quantitative estimate of drug-likeness (QED) is 0.0363. The summed E-state index contributed by atoms with van der Waals surface area (Å²) in [5.41, 5.74) is 0.299. The Morgan fingerprint density at radius 1 is 0.741 bits per heavy atom. The molecule has 10 nitrogen and oxygen atoms in total. The highest BCUT2D eigenvalue weighted by Crippen LogP contribution is 2.30. The molecule has 4 aromatic rings. The number of ketones is 1. The molecule has 0 aliphatic carbocycles. The molecule has 0 fully saturated rings. The molecule has 3 aromatic carbocycles. The van der Waals surface area contributed by atoms with Gasteiger partial charge in [0.05, 0.1) is 34.0 Å². The topological polar surface area (TPSA) is 129 Å². The monoisotopic (exact) mass is 758 g/mol. The molecule has 4 rings (SSSR count). The van der Waals surface area contributed by atoms with E-state index in [0.29, 0.717) is 23.4 Å². The normalized spacial score (nSPS) is 12.0. The van der Waals surface area contributed by atoms with E-state index in [9.17, 15) is 19.2 Å². The highest BCUT2D eigenvalue weighted by Gasteiger charge is 2.38. The molecule has 0 aliphatic heterocycles. The number of unbranched alkanes of at least 4 members (excludes halogenated alkanes) is 13. The minimum Gasteiger partial charge on any atom is -0.462 e. The molecule has 0 spiro atoms. The van der Waals surface area contributed by atoms with Crippen LogP contribution in [0.15, 0.2) is 66.7 Å². The van der Waals surface area contributed by atoms with Gasteiger partial charge in [0.15, 0.2) is 11.8 Å². The van der Waals surface area contributed by atoms with Crippen molar-refractivity contribution in [2.75, 3.05) is 11.9 Å². The third-order valence-corrected chi connectivity index (χ3v) is 9.66. The maximum atomic E-state index is 13.9. The van der Waals surface area contributed by atoms with Crippen LogP contribution in [0.5, 0.6) is 5.75 Å². The number of nitrogens with zero attached hydrogens (tertiary/aromatic N) is 3. The Morgan fingerprint density at radius 3 is 1.93 bits per heavy atom. The van der Waals surface area contributed by atoms with E-state index in [1.54, 1.807) is 51.1 Å². The van der Waals surface area contributed by atoms with Crippen LogP contribution in [-0.2, 0) is 14.3 Å². The Balaban J connectivity index is 1.31. The van der Waals surface area contributed by atoms with Gasteiger partial charge in [-0.05, 0) is 55.0 Å². The van der Waals surface area contributed by atoms with Crippen LogP contribution < -0.4 is 10.1 Å². The Bertz CT molecular complexity index is 1830. The Labute approximate surface area is 324 Å². The number of nitrogens with one attached hydrogen (secondary N) is 1. The lowest BCUT2D eigenvalue weighted by Gasteiger charge is -2.24. The van der Waals surface area contributed by atoms with Gasteiger partial charge in [0, 0.05) is 5.41 Å². The predicted octanol–water partition coefficient (Wildman–Crippen LogP) is 10.7. The largest absolute Gasteiger partial charge is 0.462 e. The standard InChI is InChI=1S/C43H55ClN4O6/c1-5-6-7-8-9-10-11-12-13-14-15-16-17-21-28-53-41(51)31-24-26-34(44)35(29-31)45-40(50)38(39(49)43(2,3)4)48-37-27-25-32(30-36(37)46-47-48)42(52)54-33-22-19-18-20-23-33/h18-20,22-27,29-30,38H,5-17,21,28H2,1-4H3,(H,45,50). The molecule has 1 atom stereocenters. The number of carbonyl (C=O) groups is 4. The Hall–Kier alpha value is -4.57. The number of hydrogen-bond donors (Lipinski definition) is 1. The van der Waals surface area contributed by atoms with Gasteiger partial charge in [0.1, 0.15) is 11.3 Å². The molecule has 0 saturated heterocycles. The zero-order chi connectivity index (χ0) is 38.9. The summed E-state index contributed by atoms with van der Waals surface area (Å²) in [7, 11) is 0. The number of anilines is 1. The van der Waals surface area contributed by atoms with Crippen LogP contribution in [0.4, 0.5) is 5.69 Å². The van der Waals surface area contributed by atoms with Gasteiger partial charge in [0.25, 0.3) is 5.91 Å². The first-order valence-electron chi connectivity index (χ1n) is 19.4. The second-order valence-electron chi connectivity index (χ2n) is 14.9. The molecule has 1 heterocycles. The molecule has 0 aliphatic rings. The molecule has 54 heavy (non-hydrogen) atoms. The van der Waals surface area contributed by atoms with Gasteiger partial charge in [-0.2, -0.15) is 0 Å². The van der Waals surface area contributed by atoms with Gasteiger partial charge in [-0.3, -0.25) is 9.59 Å². The smallest absolute Gasteiger partial charge is 0.343 e. The molecule has 290 valence electrons. The van der Waals surface area contributed by atoms with Crippen LogP contribution in [0.2, 0.25) is 5.02 Å². The summed E-state index contributed by atoms with van der Waals surface area (Å²) in [6, 6.07) is 16.3. The maximum Gasteiger partial charge on any atom is 0.343 e.